The third-order valence-electron chi connectivity index (χ3n) is 3.80. The van der Waals surface area contributed by atoms with Crippen LogP contribution in [0.1, 0.15) is 25.3 Å². The van der Waals surface area contributed by atoms with Crippen LogP contribution in [0.5, 0.6) is 11.5 Å². The fraction of sp³-hybridized carbons (Fsp3) is 0.500. The molecule has 0 fully saturated rings. The SMILES string of the molecule is CCC1CCc2cc3c(cc2N1NC(=O)O)OCCO3. The number of carbonyl (C=O) groups is 1. The van der Waals surface area contributed by atoms with E-state index in [-0.39, 0.29) is 6.04 Å². The Bertz CT molecular complexity index is 532. The van der Waals surface area contributed by atoms with E-state index in [0.29, 0.717) is 19.0 Å². The average Bonchev–Trinajstić information content (AvgIpc) is 2.45. The van der Waals surface area contributed by atoms with E-state index in [1.165, 1.54) is 0 Å². The molecule has 2 heterocycles. The molecule has 1 amide bonds. The summed E-state index contributed by atoms with van der Waals surface area (Å²) in [5.74, 6) is 1.43. The predicted molar refractivity (Wildman–Crippen MR) is 73.5 cm³/mol. The van der Waals surface area contributed by atoms with Crippen LogP contribution in [0.15, 0.2) is 12.1 Å². The Balaban J connectivity index is 2.00. The zero-order valence-corrected chi connectivity index (χ0v) is 11.4. The van der Waals surface area contributed by atoms with E-state index in [2.05, 4.69) is 12.3 Å². The molecule has 6 heteroatoms. The maximum atomic E-state index is 11.0. The van der Waals surface area contributed by atoms with Crippen molar-refractivity contribution >= 4 is 11.8 Å². The lowest BCUT2D eigenvalue weighted by Gasteiger charge is -2.38. The Morgan fingerprint density at radius 3 is 2.75 bits per heavy atom. The van der Waals surface area contributed by atoms with E-state index in [0.717, 1.165) is 36.3 Å². The molecule has 0 aliphatic carbocycles. The third-order valence-corrected chi connectivity index (χ3v) is 3.80. The summed E-state index contributed by atoms with van der Waals surface area (Å²) in [5.41, 5.74) is 4.46. The molecule has 108 valence electrons. The van der Waals surface area contributed by atoms with Crippen LogP contribution in [0.25, 0.3) is 0 Å². The summed E-state index contributed by atoms with van der Waals surface area (Å²) in [6.07, 6.45) is 1.67. The van der Waals surface area contributed by atoms with Gasteiger partial charge in [-0.25, -0.2) is 10.2 Å². The molecule has 0 aromatic heterocycles. The normalized spacial score (nSPS) is 20.2. The van der Waals surface area contributed by atoms with Crippen molar-refractivity contribution < 1.29 is 19.4 Å². The first kappa shape index (κ1) is 12.9. The molecule has 6 nitrogen and oxygen atoms in total. The standard InChI is InChI=1S/C14H18N2O4/c1-2-10-4-3-9-7-12-13(20-6-5-19-12)8-11(9)16(10)15-14(17)18/h7-8,10,15H,2-6H2,1H3,(H,17,18). The van der Waals surface area contributed by atoms with Crippen LogP contribution in [0, 0.1) is 0 Å². The van der Waals surface area contributed by atoms with Crippen molar-refractivity contribution in [3.05, 3.63) is 17.7 Å². The Labute approximate surface area is 117 Å². The van der Waals surface area contributed by atoms with Crippen molar-refractivity contribution in [2.45, 2.75) is 32.2 Å². The van der Waals surface area contributed by atoms with E-state index >= 15 is 0 Å². The Morgan fingerprint density at radius 1 is 1.40 bits per heavy atom. The number of amides is 1. The summed E-state index contributed by atoms with van der Waals surface area (Å²) in [4.78, 5) is 11.0. The highest BCUT2D eigenvalue weighted by molar-refractivity contribution is 5.71. The molecule has 1 aromatic carbocycles. The number of ether oxygens (including phenoxy) is 2. The minimum Gasteiger partial charge on any atom is -0.486 e. The third kappa shape index (κ3) is 2.21. The van der Waals surface area contributed by atoms with Crippen LogP contribution in [0.2, 0.25) is 0 Å². The lowest BCUT2D eigenvalue weighted by molar-refractivity contribution is 0.171. The molecule has 1 unspecified atom stereocenters. The minimum atomic E-state index is -1.05. The molecular formula is C14H18N2O4. The summed E-state index contributed by atoms with van der Waals surface area (Å²) in [6.45, 7) is 3.14. The van der Waals surface area contributed by atoms with Gasteiger partial charge in [0.2, 0.25) is 0 Å². The monoisotopic (exact) mass is 278 g/mol. The van der Waals surface area contributed by atoms with Gasteiger partial charge >= 0.3 is 6.09 Å². The number of anilines is 1. The molecule has 1 aromatic rings. The smallest absolute Gasteiger partial charge is 0.423 e. The number of nitrogens with zero attached hydrogens (tertiary/aromatic N) is 1. The highest BCUT2D eigenvalue weighted by Crippen LogP contribution is 2.40. The van der Waals surface area contributed by atoms with Crippen molar-refractivity contribution in [2.75, 3.05) is 18.2 Å². The number of rotatable bonds is 2. The lowest BCUT2D eigenvalue weighted by atomic mass is 9.95. The highest BCUT2D eigenvalue weighted by atomic mass is 16.6. The van der Waals surface area contributed by atoms with E-state index in [1.807, 2.05) is 12.1 Å². The quantitative estimate of drug-likeness (QED) is 0.867. The second-order valence-electron chi connectivity index (χ2n) is 5.01. The summed E-state index contributed by atoms with van der Waals surface area (Å²) >= 11 is 0. The van der Waals surface area contributed by atoms with E-state index in [9.17, 15) is 4.79 Å². The van der Waals surface area contributed by atoms with Gasteiger partial charge in [0.05, 0.1) is 11.7 Å². The number of hydrogen-bond acceptors (Lipinski definition) is 4. The van der Waals surface area contributed by atoms with Crippen LogP contribution in [0.3, 0.4) is 0 Å². The van der Waals surface area contributed by atoms with Gasteiger partial charge in [0, 0.05) is 6.07 Å². The van der Waals surface area contributed by atoms with Crippen molar-refractivity contribution in [3.8, 4) is 11.5 Å². The summed E-state index contributed by atoms with van der Waals surface area (Å²) in [5, 5.41) is 10.8. The van der Waals surface area contributed by atoms with Gasteiger partial charge in [0.1, 0.15) is 13.2 Å². The van der Waals surface area contributed by atoms with Crippen LogP contribution in [0.4, 0.5) is 10.5 Å². The van der Waals surface area contributed by atoms with Gasteiger partial charge in [0.25, 0.3) is 0 Å². The first-order chi connectivity index (χ1) is 9.69. The van der Waals surface area contributed by atoms with E-state index < -0.39 is 6.09 Å². The molecule has 0 radical (unpaired) electrons. The predicted octanol–water partition coefficient (Wildman–Crippen LogP) is 2.17. The first-order valence-corrected chi connectivity index (χ1v) is 6.90. The fourth-order valence-corrected chi connectivity index (χ4v) is 2.83. The zero-order chi connectivity index (χ0) is 14.1. The van der Waals surface area contributed by atoms with Crippen LogP contribution >= 0.6 is 0 Å². The Kier molecular flexibility index (Phi) is 3.30. The molecule has 3 rings (SSSR count). The fourth-order valence-electron chi connectivity index (χ4n) is 2.83. The minimum absolute atomic E-state index is 0.168. The molecule has 20 heavy (non-hydrogen) atoms. The topological polar surface area (TPSA) is 71.0 Å². The van der Waals surface area contributed by atoms with Crippen LogP contribution in [-0.4, -0.2) is 30.5 Å². The number of nitrogens with one attached hydrogen (secondary N) is 1. The molecule has 0 saturated heterocycles. The van der Waals surface area contributed by atoms with Gasteiger partial charge in [-0.2, -0.15) is 0 Å². The molecule has 0 bridgehead atoms. The molecule has 2 aliphatic rings. The van der Waals surface area contributed by atoms with Crippen molar-refractivity contribution in [3.63, 3.8) is 0 Å². The number of hydrazine groups is 1. The maximum absolute atomic E-state index is 11.0. The van der Waals surface area contributed by atoms with Gasteiger partial charge in [-0.1, -0.05) is 6.92 Å². The van der Waals surface area contributed by atoms with Crippen LogP contribution in [-0.2, 0) is 6.42 Å². The molecular weight excluding hydrogens is 260 g/mol. The number of hydrogen-bond donors (Lipinski definition) is 2. The molecule has 2 aliphatic heterocycles. The molecule has 0 saturated carbocycles. The van der Waals surface area contributed by atoms with Gasteiger partial charge in [-0.15, -0.1) is 0 Å². The second kappa shape index (κ2) is 5.11. The summed E-state index contributed by atoms with van der Waals surface area (Å²) < 4.78 is 11.2. The van der Waals surface area contributed by atoms with Gasteiger partial charge in [0.15, 0.2) is 11.5 Å². The maximum Gasteiger partial charge on any atom is 0.423 e. The van der Waals surface area contributed by atoms with Gasteiger partial charge < -0.3 is 14.6 Å². The van der Waals surface area contributed by atoms with E-state index in [1.54, 1.807) is 5.01 Å². The highest BCUT2D eigenvalue weighted by Gasteiger charge is 2.29. The van der Waals surface area contributed by atoms with E-state index in [4.69, 9.17) is 14.6 Å². The van der Waals surface area contributed by atoms with Crippen molar-refractivity contribution in [1.29, 1.82) is 0 Å². The van der Waals surface area contributed by atoms with Crippen LogP contribution < -0.4 is 19.9 Å². The second-order valence-corrected chi connectivity index (χ2v) is 5.01. The summed E-state index contributed by atoms with van der Waals surface area (Å²) in [6, 6.07) is 4.01. The first-order valence-electron chi connectivity index (χ1n) is 6.90. The average molecular weight is 278 g/mol. The van der Waals surface area contributed by atoms with Gasteiger partial charge in [-0.3, -0.25) is 5.01 Å². The lowest BCUT2D eigenvalue weighted by Crippen LogP contribution is -2.50. The molecule has 0 spiro atoms. The van der Waals surface area contributed by atoms with Crippen molar-refractivity contribution in [2.24, 2.45) is 0 Å². The Hall–Kier alpha value is -2.11. The molecule has 1 atom stereocenters. The number of benzene rings is 1. The number of fused-ring (bicyclic) bond motifs is 2. The van der Waals surface area contributed by atoms with Crippen molar-refractivity contribution in [1.82, 2.24) is 5.43 Å². The number of aryl methyl sites for hydroxylation is 1. The number of carboxylic acid groups (broad SMARTS) is 1. The van der Waals surface area contributed by atoms with Gasteiger partial charge in [-0.05, 0) is 30.9 Å². The largest absolute Gasteiger partial charge is 0.486 e. The molecule has 2 N–H and O–H groups in total. The zero-order valence-electron chi connectivity index (χ0n) is 11.4. The summed E-state index contributed by atoms with van der Waals surface area (Å²) in [7, 11) is 0. The Morgan fingerprint density at radius 2 is 2.10 bits per heavy atom.